The summed E-state index contributed by atoms with van der Waals surface area (Å²) in [5, 5.41) is 0. The Morgan fingerprint density at radius 3 is 1.60 bits per heavy atom. The second-order valence-electron chi connectivity index (χ2n) is 3.33. The molecule has 0 bridgehead atoms. The maximum Gasteiger partial charge on any atom is 0.157 e. The predicted molar refractivity (Wildman–Crippen MR) is 61.9 cm³/mol. The fourth-order valence-corrected chi connectivity index (χ4v) is 0.357. The molecule has 0 atom stereocenters. The summed E-state index contributed by atoms with van der Waals surface area (Å²) >= 11 is 0. The Hall–Kier alpha value is 0.184. The topological polar surface area (TPSA) is 34.1 Å². The first-order valence-electron chi connectivity index (χ1n) is 4.49. The number of carbonyl (C=O) groups is 1. The number of hydrogen-bond acceptors (Lipinski definition) is 2. The molecule has 0 unspecified atom stereocenters. The number of hydrogen-bond donors (Lipinski definition) is 0. The van der Waals surface area contributed by atoms with E-state index in [9.17, 15) is 9.59 Å². The monoisotopic (exact) mass is 288 g/mol. The van der Waals surface area contributed by atoms with Crippen LogP contribution in [0.1, 0.15) is 42.0 Å². The molecule has 0 spiro atoms. The van der Waals surface area contributed by atoms with E-state index in [4.69, 9.17) is 0 Å². The van der Waals surface area contributed by atoms with E-state index in [0.29, 0.717) is 0 Å². The van der Waals surface area contributed by atoms with Gasteiger partial charge in [0.2, 0.25) is 0 Å². The van der Waals surface area contributed by atoms with Gasteiger partial charge in [-0.25, -0.2) is 0 Å². The number of allylic oxidation sites excluding steroid dienone is 2. The van der Waals surface area contributed by atoms with Gasteiger partial charge in [-0.05, 0) is 13.0 Å². The first kappa shape index (κ1) is 24.4. The van der Waals surface area contributed by atoms with E-state index in [2.05, 4.69) is 0 Å². The summed E-state index contributed by atoms with van der Waals surface area (Å²) in [6, 6.07) is 0. The van der Waals surface area contributed by atoms with E-state index >= 15 is 0 Å². The van der Waals surface area contributed by atoms with E-state index in [1.165, 1.54) is 0 Å². The SMILES string of the molecule is C.CC(C)[C-]=O.CC=CC(=O)C(C)C.[Y]. The first-order chi connectivity index (χ1) is 5.95. The molecule has 0 aromatic heterocycles. The van der Waals surface area contributed by atoms with Gasteiger partial charge in [-0.2, -0.15) is 0 Å². The molecular formula is C12H23O2Y-. The fourth-order valence-electron chi connectivity index (χ4n) is 0.357. The number of carbonyl (C=O) groups excluding carboxylic acids is 2. The molecule has 0 fully saturated rings. The van der Waals surface area contributed by atoms with Gasteiger partial charge in [-0.3, -0.25) is 11.1 Å². The van der Waals surface area contributed by atoms with Crippen molar-refractivity contribution in [3.05, 3.63) is 12.2 Å². The Kier molecular flexibility index (Phi) is 27.0. The normalized spacial score (nSPS) is 8.73. The summed E-state index contributed by atoms with van der Waals surface area (Å²) in [5.74, 6) is 0.425. The van der Waals surface area contributed by atoms with E-state index in [0.717, 1.165) is 0 Å². The molecule has 0 aliphatic rings. The van der Waals surface area contributed by atoms with Crippen LogP contribution in [-0.4, -0.2) is 12.1 Å². The van der Waals surface area contributed by atoms with Crippen molar-refractivity contribution < 1.29 is 42.3 Å². The van der Waals surface area contributed by atoms with Crippen LogP contribution in [0.4, 0.5) is 0 Å². The fraction of sp³-hybridized carbons (Fsp3) is 0.667. The molecular weight excluding hydrogens is 265 g/mol. The minimum Gasteiger partial charge on any atom is -0.542 e. The van der Waals surface area contributed by atoms with E-state index in [1.807, 2.05) is 20.8 Å². The minimum atomic E-state index is 0. The minimum absolute atomic E-state index is 0. The van der Waals surface area contributed by atoms with Crippen molar-refractivity contribution in [2.75, 3.05) is 0 Å². The molecule has 0 saturated carbocycles. The van der Waals surface area contributed by atoms with Crippen LogP contribution in [-0.2, 0) is 42.3 Å². The van der Waals surface area contributed by atoms with E-state index in [1.54, 1.807) is 32.3 Å². The molecule has 0 heterocycles. The van der Waals surface area contributed by atoms with Crippen molar-refractivity contribution in [2.24, 2.45) is 11.8 Å². The molecule has 0 amide bonds. The quantitative estimate of drug-likeness (QED) is 0.590. The summed E-state index contributed by atoms with van der Waals surface area (Å²) in [6.45, 7) is 9.23. The van der Waals surface area contributed by atoms with Crippen molar-refractivity contribution in [1.82, 2.24) is 0 Å². The summed E-state index contributed by atoms with van der Waals surface area (Å²) < 4.78 is 0. The zero-order chi connectivity index (χ0) is 10.9. The summed E-state index contributed by atoms with van der Waals surface area (Å²) in [7, 11) is 0. The Morgan fingerprint density at radius 1 is 1.20 bits per heavy atom. The molecule has 0 saturated heterocycles. The zero-order valence-electron chi connectivity index (χ0n) is 9.70. The van der Waals surface area contributed by atoms with Crippen LogP contribution in [0.2, 0.25) is 0 Å². The number of ketones is 1. The van der Waals surface area contributed by atoms with Crippen LogP contribution < -0.4 is 0 Å². The van der Waals surface area contributed by atoms with Gasteiger partial charge in [0.25, 0.3) is 0 Å². The molecule has 0 aliphatic carbocycles. The molecule has 0 aliphatic heterocycles. The second-order valence-corrected chi connectivity index (χ2v) is 3.33. The summed E-state index contributed by atoms with van der Waals surface area (Å²) in [4.78, 5) is 20.0. The van der Waals surface area contributed by atoms with Gasteiger partial charge >= 0.3 is 0 Å². The van der Waals surface area contributed by atoms with Crippen molar-refractivity contribution >= 4 is 12.1 Å². The summed E-state index contributed by atoms with van der Waals surface area (Å²) in [5.41, 5.74) is 0. The first-order valence-corrected chi connectivity index (χ1v) is 4.49. The summed E-state index contributed by atoms with van der Waals surface area (Å²) in [6.07, 6.45) is 5.15. The van der Waals surface area contributed by atoms with Crippen LogP contribution in [0.15, 0.2) is 12.2 Å². The van der Waals surface area contributed by atoms with Crippen molar-refractivity contribution in [2.45, 2.75) is 42.0 Å². The molecule has 87 valence electrons. The van der Waals surface area contributed by atoms with Crippen LogP contribution >= 0.6 is 0 Å². The maximum atomic E-state index is 10.7. The Balaban J connectivity index is -0.0000000770. The van der Waals surface area contributed by atoms with Gasteiger partial charge in [0, 0.05) is 38.6 Å². The van der Waals surface area contributed by atoms with Gasteiger partial charge < -0.3 is 4.79 Å². The van der Waals surface area contributed by atoms with Crippen LogP contribution in [0, 0.1) is 11.8 Å². The Labute approximate surface area is 120 Å². The van der Waals surface area contributed by atoms with E-state index in [-0.39, 0.29) is 57.8 Å². The van der Waals surface area contributed by atoms with Crippen molar-refractivity contribution in [1.29, 1.82) is 0 Å². The average Bonchev–Trinajstić information content (AvgIpc) is 2.06. The van der Waals surface area contributed by atoms with Gasteiger partial charge in [0.15, 0.2) is 5.78 Å². The molecule has 0 aromatic rings. The standard InChI is InChI=1S/C7H12O.C4H7O.CH4.Y/c1-4-5-7(8)6(2)3;1-4(2)3-5;;/h4-6H,1-3H3;4H,1-2H3;1H4;/q;-1;;. The van der Waals surface area contributed by atoms with Gasteiger partial charge in [-0.15, -0.1) is 5.92 Å². The Bertz CT molecular complexity index is 172. The van der Waals surface area contributed by atoms with Crippen LogP contribution in [0.3, 0.4) is 0 Å². The molecule has 3 heteroatoms. The van der Waals surface area contributed by atoms with Gasteiger partial charge in [-0.1, -0.05) is 41.2 Å². The van der Waals surface area contributed by atoms with E-state index < -0.39 is 0 Å². The molecule has 0 aromatic carbocycles. The third-order valence-corrected chi connectivity index (χ3v) is 1.14. The maximum absolute atomic E-state index is 10.7. The average molecular weight is 288 g/mol. The Morgan fingerprint density at radius 2 is 1.53 bits per heavy atom. The second kappa shape index (κ2) is 16.6. The molecule has 1 radical (unpaired) electrons. The third kappa shape index (κ3) is 25.0. The smallest absolute Gasteiger partial charge is 0.157 e. The van der Waals surface area contributed by atoms with Crippen molar-refractivity contribution in [3.63, 3.8) is 0 Å². The molecule has 2 nitrogen and oxygen atoms in total. The molecule has 15 heavy (non-hydrogen) atoms. The number of rotatable bonds is 3. The molecule has 0 N–H and O–H groups in total. The largest absolute Gasteiger partial charge is 0.542 e. The zero-order valence-corrected chi connectivity index (χ0v) is 12.5. The molecule has 0 rings (SSSR count). The van der Waals surface area contributed by atoms with Gasteiger partial charge in [0.05, 0.1) is 0 Å². The van der Waals surface area contributed by atoms with Crippen LogP contribution in [0.25, 0.3) is 0 Å². The predicted octanol–water partition coefficient (Wildman–Crippen LogP) is 3.17. The van der Waals surface area contributed by atoms with Gasteiger partial charge in [0.1, 0.15) is 0 Å². The van der Waals surface area contributed by atoms with Crippen molar-refractivity contribution in [3.8, 4) is 0 Å². The van der Waals surface area contributed by atoms with Crippen LogP contribution in [0.5, 0.6) is 0 Å². The third-order valence-electron chi connectivity index (χ3n) is 1.14.